The van der Waals surface area contributed by atoms with E-state index in [2.05, 4.69) is 30.9 Å². The monoisotopic (exact) mass is 485 g/mol. The maximum absolute atomic E-state index is 13.5. The quantitative estimate of drug-likeness (QED) is 0.648. The number of anilines is 1. The number of nitrogens with zero attached hydrogens (tertiary/aromatic N) is 2. The Morgan fingerprint density at radius 2 is 1.74 bits per heavy atom. The highest BCUT2D eigenvalue weighted by molar-refractivity contribution is 7.91. The van der Waals surface area contributed by atoms with E-state index in [0.717, 1.165) is 24.4 Å². The topological polar surface area (TPSA) is 92.9 Å². The number of rotatable bonds is 7. The number of carbonyl (C=O) groups is 1. The lowest BCUT2D eigenvalue weighted by Crippen LogP contribution is -2.54. The summed E-state index contributed by atoms with van der Waals surface area (Å²) in [7, 11) is -3.42. The third-order valence-electron chi connectivity index (χ3n) is 7.03. The first-order valence-electron chi connectivity index (χ1n) is 12.0. The molecule has 2 N–H and O–H groups in total. The first kappa shape index (κ1) is 24.5. The van der Waals surface area contributed by atoms with E-state index in [0.29, 0.717) is 31.2 Å². The summed E-state index contributed by atoms with van der Waals surface area (Å²) in [6, 6.07) is 14.7. The van der Waals surface area contributed by atoms with Gasteiger partial charge in [-0.3, -0.25) is 4.79 Å². The summed E-state index contributed by atoms with van der Waals surface area (Å²) < 4.78 is 30.1. The van der Waals surface area contributed by atoms with Crippen molar-refractivity contribution in [2.24, 2.45) is 17.1 Å². The summed E-state index contributed by atoms with van der Waals surface area (Å²) in [6.45, 7) is 9.48. The van der Waals surface area contributed by atoms with Crippen molar-refractivity contribution in [2.45, 2.75) is 38.1 Å². The van der Waals surface area contributed by atoms with Crippen LogP contribution in [0.5, 0.6) is 5.75 Å². The molecule has 0 aromatic heterocycles. The second kappa shape index (κ2) is 9.58. The molecular weight excluding hydrogens is 450 g/mol. The maximum atomic E-state index is 13.5. The minimum atomic E-state index is -3.42. The summed E-state index contributed by atoms with van der Waals surface area (Å²) in [5.41, 5.74) is 7.13. The molecule has 0 spiro atoms. The number of carbonyl (C=O) groups excluding carboxylic acids is 1. The smallest absolute Gasteiger partial charge is 0.253 e. The Bertz CT molecular complexity index is 1110. The second-order valence-electron chi connectivity index (χ2n) is 10.00. The molecule has 3 saturated heterocycles. The van der Waals surface area contributed by atoms with E-state index < -0.39 is 9.84 Å². The van der Waals surface area contributed by atoms with Crippen LogP contribution in [0.2, 0.25) is 0 Å². The molecule has 1 amide bonds. The molecule has 3 aliphatic rings. The fourth-order valence-corrected chi connectivity index (χ4v) is 6.54. The van der Waals surface area contributed by atoms with Gasteiger partial charge in [-0.1, -0.05) is 13.8 Å². The number of piperidine rings is 1. The summed E-state index contributed by atoms with van der Waals surface area (Å²) >= 11 is 0. The Hall–Kier alpha value is -2.58. The summed E-state index contributed by atoms with van der Waals surface area (Å²) in [5.74, 6) is 1.06. The summed E-state index contributed by atoms with van der Waals surface area (Å²) in [6.07, 6.45) is 1.06. The zero-order valence-corrected chi connectivity index (χ0v) is 21.1. The van der Waals surface area contributed by atoms with Gasteiger partial charge in [0, 0.05) is 37.4 Å². The van der Waals surface area contributed by atoms with Crippen molar-refractivity contribution in [1.82, 2.24) is 4.90 Å². The van der Waals surface area contributed by atoms with Crippen LogP contribution in [-0.2, 0) is 9.84 Å². The molecule has 2 atom stereocenters. The largest absolute Gasteiger partial charge is 0.494 e. The van der Waals surface area contributed by atoms with Gasteiger partial charge in [0.15, 0.2) is 9.84 Å². The molecule has 5 rings (SSSR count). The first-order valence-corrected chi connectivity index (χ1v) is 13.6. The molecule has 0 saturated carbocycles. The standard InChI is InChI=1S/C26H35N3O4S/c1-4-33-22-9-7-21(8-10-22)29-17-19-15-26(2,3)24(29)18-28(16-19)25(30)20-5-11-23(12-6-20)34(31,32)14-13-27/h5-12,19,24H,4,13-18,27H2,1-3H3/t19-,24-/m1/s1. The number of sulfone groups is 1. The fourth-order valence-electron chi connectivity index (χ4n) is 5.45. The van der Waals surface area contributed by atoms with E-state index in [1.54, 1.807) is 12.1 Å². The van der Waals surface area contributed by atoms with Crippen molar-refractivity contribution >= 4 is 21.4 Å². The van der Waals surface area contributed by atoms with Crippen LogP contribution in [0.1, 0.15) is 37.6 Å². The van der Waals surface area contributed by atoms with Gasteiger partial charge >= 0.3 is 0 Å². The average Bonchev–Trinajstić information content (AvgIpc) is 3.06. The van der Waals surface area contributed by atoms with Crippen molar-refractivity contribution in [3.63, 3.8) is 0 Å². The zero-order chi connectivity index (χ0) is 24.5. The molecule has 3 fully saturated rings. The lowest BCUT2D eigenvalue weighted by atomic mass is 9.73. The molecule has 3 heterocycles. The van der Waals surface area contributed by atoms with Gasteiger partial charge in [-0.2, -0.15) is 0 Å². The zero-order valence-electron chi connectivity index (χ0n) is 20.2. The molecular formula is C26H35N3O4S. The molecule has 0 unspecified atom stereocenters. The maximum Gasteiger partial charge on any atom is 0.253 e. The predicted octanol–water partition coefficient (Wildman–Crippen LogP) is 3.19. The number of hydrogen-bond acceptors (Lipinski definition) is 6. The number of amides is 1. The molecule has 8 heteroatoms. The third kappa shape index (κ3) is 4.93. The van der Waals surface area contributed by atoms with Crippen molar-refractivity contribution < 1.29 is 17.9 Å². The van der Waals surface area contributed by atoms with E-state index >= 15 is 0 Å². The second-order valence-corrected chi connectivity index (χ2v) is 12.1. The van der Waals surface area contributed by atoms with Crippen LogP contribution in [0.15, 0.2) is 53.4 Å². The van der Waals surface area contributed by atoms with Crippen molar-refractivity contribution in [3.8, 4) is 5.75 Å². The third-order valence-corrected chi connectivity index (χ3v) is 8.80. The number of nitrogens with two attached hydrogens (primary N) is 1. The molecule has 2 bridgehead atoms. The SMILES string of the molecule is CCOc1ccc(N2C[C@H]3CN(C(=O)c4ccc(S(=O)(=O)CCN)cc4)C[C@@H]2C(C)(C)C3)cc1. The van der Waals surface area contributed by atoms with Crippen LogP contribution in [0, 0.1) is 11.3 Å². The van der Waals surface area contributed by atoms with Crippen LogP contribution in [0.25, 0.3) is 0 Å². The minimum absolute atomic E-state index is 0.0518. The van der Waals surface area contributed by atoms with E-state index in [9.17, 15) is 13.2 Å². The van der Waals surface area contributed by atoms with Crippen LogP contribution in [0.4, 0.5) is 5.69 Å². The van der Waals surface area contributed by atoms with E-state index in [1.807, 2.05) is 24.0 Å². The first-order chi connectivity index (χ1) is 16.1. The Kier molecular flexibility index (Phi) is 6.92. The molecule has 0 aliphatic carbocycles. The van der Waals surface area contributed by atoms with Gasteiger partial charge in [0.25, 0.3) is 5.91 Å². The van der Waals surface area contributed by atoms with Gasteiger partial charge in [-0.25, -0.2) is 8.42 Å². The highest BCUT2D eigenvalue weighted by Gasteiger charge is 2.46. The molecule has 0 radical (unpaired) electrons. The van der Waals surface area contributed by atoms with E-state index in [1.165, 1.54) is 12.1 Å². The number of ether oxygens (including phenoxy) is 1. The predicted molar refractivity (Wildman–Crippen MR) is 134 cm³/mol. The number of benzene rings is 2. The minimum Gasteiger partial charge on any atom is -0.494 e. The fraction of sp³-hybridized carbons (Fsp3) is 0.500. The normalized spacial score (nSPS) is 21.9. The molecule has 184 valence electrons. The van der Waals surface area contributed by atoms with Gasteiger partial charge < -0.3 is 20.3 Å². The van der Waals surface area contributed by atoms with Crippen LogP contribution in [-0.4, -0.2) is 63.8 Å². The highest BCUT2D eigenvalue weighted by Crippen LogP contribution is 2.43. The number of hydrogen-bond donors (Lipinski definition) is 1. The van der Waals surface area contributed by atoms with Gasteiger partial charge in [-0.05, 0) is 73.2 Å². The highest BCUT2D eigenvalue weighted by atomic mass is 32.2. The van der Waals surface area contributed by atoms with Crippen LogP contribution < -0.4 is 15.4 Å². The van der Waals surface area contributed by atoms with Crippen LogP contribution in [0.3, 0.4) is 0 Å². The summed E-state index contributed by atoms with van der Waals surface area (Å²) in [4.78, 5) is 18.0. The van der Waals surface area contributed by atoms with Crippen molar-refractivity contribution in [3.05, 3.63) is 54.1 Å². The Balaban J connectivity index is 1.56. The van der Waals surface area contributed by atoms with E-state index in [4.69, 9.17) is 10.5 Å². The van der Waals surface area contributed by atoms with Crippen LogP contribution >= 0.6 is 0 Å². The molecule has 34 heavy (non-hydrogen) atoms. The average molecular weight is 486 g/mol. The Morgan fingerprint density at radius 3 is 2.35 bits per heavy atom. The lowest BCUT2D eigenvalue weighted by Gasteiger charge is -2.48. The molecule has 2 aromatic rings. The molecule has 7 nitrogen and oxygen atoms in total. The van der Waals surface area contributed by atoms with Gasteiger partial charge in [0.05, 0.1) is 23.3 Å². The summed E-state index contributed by atoms with van der Waals surface area (Å²) in [5, 5.41) is 0. The Morgan fingerprint density at radius 1 is 1.06 bits per heavy atom. The van der Waals surface area contributed by atoms with Crippen molar-refractivity contribution in [1.29, 1.82) is 0 Å². The van der Waals surface area contributed by atoms with Gasteiger partial charge in [0.2, 0.25) is 0 Å². The Labute approximate surface area is 202 Å². The lowest BCUT2D eigenvalue weighted by molar-refractivity contribution is 0.0746. The molecule has 2 aromatic carbocycles. The van der Waals surface area contributed by atoms with Gasteiger partial charge in [0.1, 0.15) is 5.75 Å². The van der Waals surface area contributed by atoms with Gasteiger partial charge in [-0.15, -0.1) is 0 Å². The van der Waals surface area contributed by atoms with E-state index in [-0.39, 0.29) is 34.6 Å². The molecule has 3 aliphatic heterocycles. The number of fused-ring (bicyclic) bond motifs is 4. The van der Waals surface area contributed by atoms with Crippen molar-refractivity contribution in [2.75, 3.05) is 43.4 Å².